The van der Waals surface area contributed by atoms with Crippen LogP contribution in [-0.4, -0.2) is 11.4 Å². The van der Waals surface area contributed by atoms with Gasteiger partial charge in [0.05, 0.1) is 22.8 Å². The van der Waals surface area contributed by atoms with Crippen molar-refractivity contribution in [3.8, 4) is 11.8 Å². The van der Waals surface area contributed by atoms with E-state index in [4.69, 9.17) is 9.98 Å². The van der Waals surface area contributed by atoms with Crippen molar-refractivity contribution < 1.29 is 0 Å². The van der Waals surface area contributed by atoms with E-state index in [1.807, 2.05) is 0 Å². The number of nitrogens with zero attached hydrogens (tertiary/aromatic N) is 2. The summed E-state index contributed by atoms with van der Waals surface area (Å²) < 4.78 is 0. The minimum absolute atomic E-state index is 0.866. The molecule has 0 aliphatic carbocycles. The average molecular weight is 653 g/mol. The van der Waals surface area contributed by atoms with Gasteiger partial charge in [-0.2, -0.15) is 0 Å². The van der Waals surface area contributed by atoms with Crippen molar-refractivity contribution in [2.24, 2.45) is 9.98 Å². The monoisotopic (exact) mass is 653 g/mol. The van der Waals surface area contributed by atoms with E-state index in [0.717, 1.165) is 54.9 Å². The summed E-state index contributed by atoms with van der Waals surface area (Å²) in [5.41, 5.74) is 8.08. The minimum atomic E-state index is 0.866. The van der Waals surface area contributed by atoms with Crippen LogP contribution in [0.3, 0.4) is 0 Å². The molecule has 266 valence electrons. The maximum Gasteiger partial charge on any atom is 0.0666 e. The molecule has 0 fully saturated rings. The van der Waals surface area contributed by atoms with Gasteiger partial charge in [0.1, 0.15) is 0 Å². The molecule has 2 rings (SSSR count). The van der Waals surface area contributed by atoms with Gasteiger partial charge in [-0.25, -0.2) is 0 Å². The smallest absolute Gasteiger partial charge is 0.0666 e. The van der Waals surface area contributed by atoms with Crippen LogP contribution >= 0.6 is 0 Å². The number of rotatable bonds is 27. The lowest BCUT2D eigenvalue weighted by Gasteiger charge is -2.10. The number of hydrogen-bond donors (Lipinski definition) is 0. The molecular formula is C46H72N2. The Balaban J connectivity index is 1.55. The Labute approximate surface area is 298 Å². The van der Waals surface area contributed by atoms with Gasteiger partial charge in [0.2, 0.25) is 0 Å². The van der Waals surface area contributed by atoms with Crippen LogP contribution in [0.4, 0.5) is 11.4 Å². The largest absolute Gasteiger partial charge is 0.252 e. The fraction of sp³-hybridized carbons (Fsp3) is 0.652. The van der Waals surface area contributed by atoms with Crippen LogP contribution in [-0.2, 0) is 6.42 Å². The molecule has 2 aromatic carbocycles. The Bertz CT molecular complexity index is 1220. The summed E-state index contributed by atoms with van der Waals surface area (Å²) in [7, 11) is 0. The second-order valence-electron chi connectivity index (χ2n) is 14.0. The van der Waals surface area contributed by atoms with E-state index in [2.05, 4.69) is 88.9 Å². The molecule has 0 atom stereocenters. The minimum Gasteiger partial charge on any atom is -0.252 e. The summed E-state index contributed by atoms with van der Waals surface area (Å²) in [5.74, 6) is 6.89. The zero-order valence-corrected chi connectivity index (χ0v) is 32.1. The van der Waals surface area contributed by atoms with Gasteiger partial charge >= 0.3 is 0 Å². The van der Waals surface area contributed by atoms with Crippen molar-refractivity contribution in [2.45, 2.75) is 195 Å². The third-order valence-corrected chi connectivity index (χ3v) is 9.80. The molecule has 0 spiro atoms. The third kappa shape index (κ3) is 19.4. The molecular weight excluding hydrogens is 581 g/mol. The van der Waals surface area contributed by atoms with Crippen molar-refractivity contribution in [2.75, 3.05) is 0 Å². The highest BCUT2D eigenvalue weighted by molar-refractivity contribution is 6.43. The van der Waals surface area contributed by atoms with Crippen molar-refractivity contribution in [3.63, 3.8) is 0 Å². The number of unbranched alkanes of at least 4 members (excludes halogenated alkanes) is 20. The predicted octanol–water partition coefficient (Wildman–Crippen LogP) is 15.1. The van der Waals surface area contributed by atoms with Crippen LogP contribution in [0.25, 0.3) is 0 Å². The van der Waals surface area contributed by atoms with E-state index in [1.165, 1.54) is 145 Å². The van der Waals surface area contributed by atoms with Crippen LogP contribution in [0, 0.1) is 25.7 Å². The third-order valence-electron chi connectivity index (χ3n) is 9.80. The standard InChI is InChI=1S/C46H72N2/c1-6-9-10-11-12-13-14-15-16-17-18-19-20-21-22-23-24-25-26-27-28-29-30-31-34-42-35-32-33-36-46(42)48-45(8-3)44(7-2)47-43-38-37-40(4)41(5)39-43/h32-33,35-39H,6-28,31,34H2,1-5H3. The maximum absolute atomic E-state index is 5.13. The Morgan fingerprint density at radius 2 is 0.979 bits per heavy atom. The second-order valence-corrected chi connectivity index (χ2v) is 14.0. The molecule has 0 heterocycles. The summed E-state index contributed by atoms with van der Waals surface area (Å²) in [5, 5.41) is 0. The molecule has 0 bridgehead atoms. The Kier molecular flexibility index (Phi) is 24.4. The van der Waals surface area contributed by atoms with Crippen LogP contribution in [0.1, 0.15) is 192 Å². The van der Waals surface area contributed by atoms with Crippen LogP contribution in [0.15, 0.2) is 52.4 Å². The Morgan fingerprint density at radius 3 is 1.50 bits per heavy atom. The van der Waals surface area contributed by atoms with Gasteiger partial charge in [-0.15, -0.1) is 11.8 Å². The van der Waals surface area contributed by atoms with Crippen molar-refractivity contribution in [1.82, 2.24) is 0 Å². The van der Waals surface area contributed by atoms with Gasteiger partial charge < -0.3 is 0 Å². The quantitative estimate of drug-likeness (QED) is 0.0521. The van der Waals surface area contributed by atoms with Gasteiger partial charge in [0.15, 0.2) is 0 Å². The van der Waals surface area contributed by atoms with Crippen LogP contribution in [0.2, 0.25) is 0 Å². The van der Waals surface area contributed by atoms with Gasteiger partial charge in [-0.05, 0) is 74.4 Å². The highest BCUT2D eigenvalue weighted by atomic mass is 14.8. The Morgan fingerprint density at radius 1 is 0.500 bits per heavy atom. The first kappa shape index (κ1) is 41.5. The summed E-state index contributed by atoms with van der Waals surface area (Å²) in [6.07, 6.45) is 33.1. The molecule has 0 amide bonds. The topological polar surface area (TPSA) is 24.7 Å². The van der Waals surface area contributed by atoms with Gasteiger partial charge in [-0.1, -0.05) is 167 Å². The molecule has 2 heteroatoms. The zero-order chi connectivity index (χ0) is 34.5. The first-order valence-corrected chi connectivity index (χ1v) is 20.3. The summed E-state index contributed by atoms with van der Waals surface area (Å²) in [6.45, 7) is 11.0. The van der Waals surface area contributed by atoms with E-state index in [1.54, 1.807) is 0 Å². The second kappa shape index (κ2) is 28.2. The average Bonchev–Trinajstić information content (AvgIpc) is 3.10. The molecule has 0 aromatic heterocycles. The summed E-state index contributed by atoms with van der Waals surface area (Å²) >= 11 is 0. The van der Waals surface area contributed by atoms with Crippen molar-refractivity contribution in [3.05, 3.63) is 59.2 Å². The molecule has 2 aromatic rings. The number of hydrogen-bond acceptors (Lipinski definition) is 2. The molecule has 0 N–H and O–H groups in total. The summed E-state index contributed by atoms with van der Waals surface area (Å²) in [4.78, 5) is 10.1. The van der Waals surface area contributed by atoms with Gasteiger partial charge in [0.25, 0.3) is 0 Å². The molecule has 0 saturated heterocycles. The highest BCUT2D eigenvalue weighted by Gasteiger charge is 2.09. The SMILES string of the molecule is CCCCCCCCCCCCCCCCCCCCCCC#CCCc1ccccc1N=C(CC)C(CC)=Nc1ccc(C)c(C)c1. The van der Waals surface area contributed by atoms with Crippen molar-refractivity contribution >= 4 is 22.8 Å². The maximum atomic E-state index is 5.13. The Hall–Kier alpha value is -2.66. The molecule has 0 radical (unpaired) electrons. The lowest BCUT2D eigenvalue weighted by Crippen LogP contribution is -2.12. The van der Waals surface area contributed by atoms with Gasteiger partial charge in [0, 0.05) is 12.8 Å². The molecule has 0 unspecified atom stereocenters. The lowest BCUT2D eigenvalue weighted by atomic mass is 10.0. The fourth-order valence-corrected chi connectivity index (χ4v) is 6.47. The van der Waals surface area contributed by atoms with Crippen molar-refractivity contribution in [1.29, 1.82) is 0 Å². The van der Waals surface area contributed by atoms with E-state index in [0.29, 0.717) is 0 Å². The summed E-state index contributed by atoms with van der Waals surface area (Å²) in [6, 6.07) is 15.0. The number of aryl methyl sites for hydroxylation is 3. The van der Waals surface area contributed by atoms with Gasteiger partial charge in [-0.3, -0.25) is 9.98 Å². The highest BCUT2D eigenvalue weighted by Crippen LogP contribution is 2.23. The fourth-order valence-electron chi connectivity index (χ4n) is 6.47. The molecule has 0 saturated carbocycles. The normalized spacial score (nSPS) is 11.9. The molecule has 0 aliphatic rings. The number of para-hydroxylation sites is 1. The van der Waals surface area contributed by atoms with Crippen LogP contribution in [0.5, 0.6) is 0 Å². The molecule has 48 heavy (non-hydrogen) atoms. The predicted molar refractivity (Wildman–Crippen MR) is 216 cm³/mol. The van der Waals surface area contributed by atoms with E-state index < -0.39 is 0 Å². The first-order chi connectivity index (χ1) is 23.6. The van der Waals surface area contributed by atoms with E-state index in [-0.39, 0.29) is 0 Å². The van der Waals surface area contributed by atoms with E-state index in [9.17, 15) is 0 Å². The van der Waals surface area contributed by atoms with Crippen LogP contribution < -0.4 is 0 Å². The number of benzene rings is 2. The molecule has 2 nitrogen and oxygen atoms in total. The number of aliphatic imine (C=N–C) groups is 2. The van der Waals surface area contributed by atoms with E-state index >= 15 is 0 Å². The molecule has 0 aliphatic heterocycles. The lowest BCUT2D eigenvalue weighted by molar-refractivity contribution is 0.522. The first-order valence-electron chi connectivity index (χ1n) is 20.3. The zero-order valence-electron chi connectivity index (χ0n) is 32.1.